The van der Waals surface area contributed by atoms with Crippen LogP contribution < -0.4 is 5.32 Å². The van der Waals surface area contributed by atoms with Crippen LogP contribution >= 0.6 is 0 Å². The van der Waals surface area contributed by atoms with Gasteiger partial charge in [0.05, 0.1) is 0 Å². The smallest absolute Gasteiger partial charge is 0.244 e. The van der Waals surface area contributed by atoms with Gasteiger partial charge < -0.3 is 15.1 Å². The minimum atomic E-state index is 0.188. The Morgan fingerprint density at radius 2 is 1.82 bits per heavy atom. The molecule has 0 radical (unpaired) electrons. The number of aliphatic imine (C=N–C) groups is 1. The fourth-order valence-corrected chi connectivity index (χ4v) is 4.01. The van der Waals surface area contributed by atoms with Gasteiger partial charge in [-0.25, -0.2) is 4.99 Å². The van der Waals surface area contributed by atoms with Gasteiger partial charge in [0.1, 0.15) is 6.54 Å². The van der Waals surface area contributed by atoms with Crippen LogP contribution in [0, 0.1) is 5.41 Å². The van der Waals surface area contributed by atoms with Crippen molar-refractivity contribution in [3.63, 3.8) is 0 Å². The molecule has 124 valence electrons. The minimum Gasteiger partial charge on any atom is -0.357 e. The van der Waals surface area contributed by atoms with Crippen molar-refractivity contribution >= 4 is 11.9 Å². The number of amides is 1. The maximum absolute atomic E-state index is 12.3. The molecule has 0 unspecified atom stereocenters. The predicted octanol–water partition coefficient (Wildman–Crippen LogP) is 1.84. The average Bonchev–Trinajstić information content (AvgIpc) is 2.98. The summed E-state index contributed by atoms with van der Waals surface area (Å²) in [6, 6.07) is 0. The molecule has 3 rings (SSSR count). The van der Waals surface area contributed by atoms with Gasteiger partial charge in [-0.15, -0.1) is 0 Å². The first-order valence-electron chi connectivity index (χ1n) is 9.03. The molecule has 1 N–H and O–H groups in total. The third kappa shape index (κ3) is 3.39. The van der Waals surface area contributed by atoms with E-state index in [-0.39, 0.29) is 5.91 Å². The molecule has 0 atom stereocenters. The van der Waals surface area contributed by atoms with Gasteiger partial charge in [0, 0.05) is 32.7 Å². The van der Waals surface area contributed by atoms with Gasteiger partial charge in [-0.3, -0.25) is 4.79 Å². The molecule has 0 aromatic heterocycles. The fraction of sp³-hybridized carbons (Fsp3) is 0.882. The third-order valence-corrected chi connectivity index (χ3v) is 5.56. The first-order chi connectivity index (χ1) is 10.7. The summed E-state index contributed by atoms with van der Waals surface area (Å²) in [5.74, 6) is 1.13. The summed E-state index contributed by atoms with van der Waals surface area (Å²) in [4.78, 5) is 21.3. The van der Waals surface area contributed by atoms with Crippen LogP contribution in [0.1, 0.15) is 51.9 Å². The highest BCUT2D eigenvalue weighted by atomic mass is 16.2. The van der Waals surface area contributed by atoms with Gasteiger partial charge in [-0.1, -0.05) is 6.42 Å². The summed E-state index contributed by atoms with van der Waals surface area (Å²) in [5, 5.41) is 3.37. The van der Waals surface area contributed by atoms with E-state index in [0.717, 1.165) is 51.5 Å². The van der Waals surface area contributed by atoms with Crippen molar-refractivity contribution in [3.05, 3.63) is 0 Å². The molecule has 1 saturated carbocycles. The zero-order valence-corrected chi connectivity index (χ0v) is 13.9. The van der Waals surface area contributed by atoms with E-state index in [2.05, 4.69) is 22.1 Å². The second-order valence-electron chi connectivity index (χ2n) is 7.14. The number of hydrogen-bond acceptors (Lipinski definition) is 2. The molecule has 5 heteroatoms. The largest absolute Gasteiger partial charge is 0.357 e. The fourth-order valence-electron chi connectivity index (χ4n) is 4.01. The molecule has 0 aromatic carbocycles. The molecule has 2 saturated heterocycles. The number of likely N-dealkylation sites (tertiary alicyclic amines) is 2. The molecule has 3 aliphatic rings. The summed E-state index contributed by atoms with van der Waals surface area (Å²) in [6.45, 7) is 7.29. The minimum absolute atomic E-state index is 0.188. The van der Waals surface area contributed by atoms with E-state index in [0.29, 0.717) is 12.0 Å². The Kier molecular flexibility index (Phi) is 4.89. The number of guanidine groups is 1. The van der Waals surface area contributed by atoms with Crippen molar-refractivity contribution in [2.45, 2.75) is 51.9 Å². The number of rotatable bonds is 3. The SMILES string of the molecule is CCNC(=NCC(=O)N1CCCCC1)N1CCC2(CCC2)C1. The Bertz CT molecular complexity index is 424. The normalized spacial score (nSPS) is 24.5. The van der Waals surface area contributed by atoms with Crippen molar-refractivity contribution in [2.75, 3.05) is 39.3 Å². The maximum atomic E-state index is 12.3. The van der Waals surface area contributed by atoms with Gasteiger partial charge in [-0.05, 0) is 50.9 Å². The monoisotopic (exact) mass is 306 g/mol. The first-order valence-corrected chi connectivity index (χ1v) is 9.03. The first kappa shape index (κ1) is 15.6. The van der Waals surface area contributed by atoms with E-state index in [1.807, 2.05) is 4.90 Å². The van der Waals surface area contributed by atoms with Crippen LogP contribution in [0.2, 0.25) is 0 Å². The lowest BCUT2D eigenvalue weighted by Crippen LogP contribution is -2.43. The highest BCUT2D eigenvalue weighted by Crippen LogP contribution is 2.47. The van der Waals surface area contributed by atoms with E-state index in [9.17, 15) is 4.79 Å². The molecule has 1 amide bonds. The number of nitrogens with one attached hydrogen (secondary N) is 1. The number of carbonyl (C=O) groups is 1. The van der Waals surface area contributed by atoms with Gasteiger partial charge in [0.25, 0.3) is 0 Å². The lowest BCUT2D eigenvalue weighted by Gasteiger charge is -2.38. The predicted molar refractivity (Wildman–Crippen MR) is 88.9 cm³/mol. The van der Waals surface area contributed by atoms with Crippen LogP contribution in [0.4, 0.5) is 0 Å². The molecular weight excluding hydrogens is 276 g/mol. The molecule has 2 aliphatic heterocycles. The Morgan fingerprint density at radius 3 is 2.41 bits per heavy atom. The van der Waals surface area contributed by atoms with E-state index in [1.165, 1.54) is 32.1 Å². The van der Waals surface area contributed by atoms with E-state index in [1.54, 1.807) is 0 Å². The number of nitrogens with zero attached hydrogens (tertiary/aromatic N) is 3. The zero-order valence-electron chi connectivity index (χ0n) is 13.9. The quantitative estimate of drug-likeness (QED) is 0.639. The molecule has 2 heterocycles. The zero-order chi connectivity index (χ0) is 15.4. The Balaban J connectivity index is 1.56. The van der Waals surface area contributed by atoms with E-state index < -0.39 is 0 Å². The van der Waals surface area contributed by atoms with Crippen LogP contribution in [0.3, 0.4) is 0 Å². The molecule has 22 heavy (non-hydrogen) atoms. The highest BCUT2D eigenvalue weighted by Gasteiger charge is 2.43. The Morgan fingerprint density at radius 1 is 1.05 bits per heavy atom. The van der Waals surface area contributed by atoms with E-state index in [4.69, 9.17) is 0 Å². The van der Waals surface area contributed by atoms with E-state index >= 15 is 0 Å². The summed E-state index contributed by atoms with van der Waals surface area (Å²) < 4.78 is 0. The standard InChI is InChI=1S/C17H30N4O/c1-2-18-16(21-12-9-17(14-21)7-6-8-17)19-13-15(22)20-10-4-3-5-11-20/h2-14H2,1H3,(H,18,19). The molecule has 3 fully saturated rings. The molecule has 0 aromatic rings. The van der Waals surface area contributed by atoms with Gasteiger partial charge in [0.2, 0.25) is 5.91 Å². The second kappa shape index (κ2) is 6.88. The molecule has 0 bridgehead atoms. The molecule has 5 nitrogen and oxygen atoms in total. The van der Waals surface area contributed by atoms with Gasteiger partial charge in [0.15, 0.2) is 5.96 Å². The van der Waals surface area contributed by atoms with Gasteiger partial charge in [-0.2, -0.15) is 0 Å². The summed E-state index contributed by atoms with van der Waals surface area (Å²) in [5.41, 5.74) is 0.563. The van der Waals surface area contributed by atoms with Crippen molar-refractivity contribution < 1.29 is 4.79 Å². The lowest BCUT2D eigenvalue weighted by atomic mass is 9.68. The Hall–Kier alpha value is -1.26. The van der Waals surface area contributed by atoms with Crippen LogP contribution in [-0.2, 0) is 4.79 Å². The molecule has 1 aliphatic carbocycles. The van der Waals surface area contributed by atoms with Crippen LogP contribution in [-0.4, -0.2) is 60.9 Å². The summed E-state index contributed by atoms with van der Waals surface area (Å²) in [6.07, 6.45) is 8.96. The van der Waals surface area contributed by atoms with Gasteiger partial charge >= 0.3 is 0 Å². The third-order valence-electron chi connectivity index (χ3n) is 5.56. The lowest BCUT2D eigenvalue weighted by molar-refractivity contribution is -0.130. The van der Waals surface area contributed by atoms with Crippen LogP contribution in [0.5, 0.6) is 0 Å². The molecule has 1 spiro atoms. The average molecular weight is 306 g/mol. The van der Waals surface area contributed by atoms with Crippen molar-refractivity contribution in [1.29, 1.82) is 0 Å². The van der Waals surface area contributed by atoms with Crippen molar-refractivity contribution in [3.8, 4) is 0 Å². The van der Waals surface area contributed by atoms with Crippen LogP contribution in [0.25, 0.3) is 0 Å². The molecular formula is C17H30N4O. The number of hydrogen-bond donors (Lipinski definition) is 1. The van der Waals surface area contributed by atoms with Crippen molar-refractivity contribution in [2.24, 2.45) is 10.4 Å². The van der Waals surface area contributed by atoms with Crippen LogP contribution in [0.15, 0.2) is 4.99 Å². The maximum Gasteiger partial charge on any atom is 0.244 e. The summed E-state index contributed by atoms with van der Waals surface area (Å²) >= 11 is 0. The number of piperidine rings is 1. The topological polar surface area (TPSA) is 47.9 Å². The highest BCUT2D eigenvalue weighted by molar-refractivity contribution is 5.85. The second-order valence-corrected chi connectivity index (χ2v) is 7.14. The Labute approximate surface area is 134 Å². The summed E-state index contributed by atoms with van der Waals surface area (Å²) in [7, 11) is 0. The number of carbonyl (C=O) groups excluding carboxylic acids is 1. The van der Waals surface area contributed by atoms with Crippen molar-refractivity contribution in [1.82, 2.24) is 15.1 Å².